The standard InChI is InChI=1S/C15H20N2O2S2/c1-10-6-4-5-7-13(10)12(3)17-21(18,19)15-8-11(2)14(9-16)20-15/h4-8,12,17H,9,16H2,1-3H3. The van der Waals surface area contributed by atoms with Crippen molar-refractivity contribution >= 4 is 21.4 Å². The lowest BCUT2D eigenvalue weighted by Gasteiger charge is -2.16. The minimum Gasteiger partial charge on any atom is -0.326 e. The van der Waals surface area contributed by atoms with Gasteiger partial charge >= 0.3 is 0 Å². The third-order valence-corrected chi connectivity index (χ3v) is 6.71. The average molecular weight is 324 g/mol. The van der Waals surface area contributed by atoms with Crippen LogP contribution in [-0.2, 0) is 16.6 Å². The highest BCUT2D eigenvalue weighted by atomic mass is 32.2. The van der Waals surface area contributed by atoms with Crippen molar-refractivity contribution in [1.82, 2.24) is 4.72 Å². The molecule has 114 valence electrons. The zero-order chi connectivity index (χ0) is 15.6. The van der Waals surface area contributed by atoms with Crippen LogP contribution < -0.4 is 10.5 Å². The molecule has 0 fully saturated rings. The number of hydrogen-bond acceptors (Lipinski definition) is 4. The van der Waals surface area contributed by atoms with Gasteiger partial charge in [-0.05, 0) is 43.5 Å². The molecule has 0 aliphatic carbocycles. The molecule has 0 aliphatic rings. The van der Waals surface area contributed by atoms with Crippen molar-refractivity contribution in [1.29, 1.82) is 0 Å². The van der Waals surface area contributed by atoms with Crippen LogP contribution in [0.5, 0.6) is 0 Å². The maximum Gasteiger partial charge on any atom is 0.250 e. The molecule has 3 N–H and O–H groups in total. The van der Waals surface area contributed by atoms with Crippen molar-refractivity contribution in [2.75, 3.05) is 0 Å². The molecule has 4 nitrogen and oxygen atoms in total. The van der Waals surface area contributed by atoms with Gasteiger partial charge in [-0.25, -0.2) is 13.1 Å². The molecule has 2 aromatic rings. The first kappa shape index (κ1) is 16.2. The lowest BCUT2D eigenvalue weighted by atomic mass is 10.0. The Kier molecular flexibility index (Phi) is 4.83. The molecule has 0 saturated carbocycles. The molecule has 0 saturated heterocycles. The fourth-order valence-corrected chi connectivity index (χ4v) is 4.96. The fourth-order valence-electron chi connectivity index (χ4n) is 2.25. The van der Waals surface area contributed by atoms with Crippen molar-refractivity contribution in [3.05, 3.63) is 51.9 Å². The molecule has 1 aromatic heterocycles. The van der Waals surface area contributed by atoms with E-state index in [-0.39, 0.29) is 6.04 Å². The van der Waals surface area contributed by atoms with Gasteiger partial charge in [0.15, 0.2) is 0 Å². The molecular weight excluding hydrogens is 304 g/mol. The minimum absolute atomic E-state index is 0.278. The number of rotatable bonds is 5. The van der Waals surface area contributed by atoms with E-state index in [1.807, 2.05) is 45.0 Å². The van der Waals surface area contributed by atoms with Crippen molar-refractivity contribution in [3.63, 3.8) is 0 Å². The van der Waals surface area contributed by atoms with Gasteiger partial charge in [0.05, 0.1) is 0 Å². The van der Waals surface area contributed by atoms with E-state index in [0.29, 0.717) is 10.8 Å². The van der Waals surface area contributed by atoms with E-state index in [1.165, 1.54) is 11.3 Å². The van der Waals surface area contributed by atoms with E-state index >= 15 is 0 Å². The molecule has 21 heavy (non-hydrogen) atoms. The summed E-state index contributed by atoms with van der Waals surface area (Å²) in [5.41, 5.74) is 8.58. The first-order valence-electron chi connectivity index (χ1n) is 6.72. The quantitative estimate of drug-likeness (QED) is 0.888. The summed E-state index contributed by atoms with van der Waals surface area (Å²) in [4.78, 5) is 0.902. The predicted octanol–water partition coefficient (Wildman–Crippen LogP) is 2.86. The van der Waals surface area contributed by atoms with Gasteiger partial charge in [-0.1, -0.05) is 24.3 Å². The lowest BCUT2D eigenvalue weighted by Crippen LogP contribution is -2.26. The highest BCUT2D eigenvalue weighted by Crippen LogP contribution is 2.27. The lowest BCUT2D eigenvalue weighted by molar-refractivity contribution is 0.568. The first-order valence-corrected chi connectivity index (χ1v) is 9.02. The summed E-state index contributed by atoms with van der Waals surface area (Å²) in [5, 5.41) is 0. The number of aryl methyl sites for hydroxylation is 2. The topological polar surface area (TPSA) is 72.2 Å². The molecule has 6 heteroatoms. The number of benzene rings is 1. The molecule has 0 amide bonds. The Bertz CT molecular complexity index is 736. The zero-order valence-corrected chi connectivity index (χ0v) is 14.0. The molecule has 0 aliphatic heterocycles. The summed E-state index contributed by atoms with van der Waals surface area (Å²) in [6, 6.07) is 9.17. The normalized spacial score (nSPS) is 13.3. The summed E-state index contributed by atoms with van der Waals surface area (Å²) >= 11 is 1.23. The van der Waals surface area contributed by atoms with Crippen LogP contribution in [0.15, 0.2) is 34.5 Å². The Labute approximate surface area is 130 Å². The van der Waals surface area contributed by atoms with E-state index in [4.69, 9.17) is 5.73 Å². The van der Waals surface area contributed by atoms with Gasteiger partial charge in [-0.15, -0.1) is 11.3 Å². The van der Waals surface area contributed by atoms with Crippen molar-refractivity contribution in [3.8, 4) is 0 Å². The molecular formula is C15H20N2O2S2. The molecule has 2 rings (SSSR count). The van der Waals surface area contributed by atoms with Gasteiger partial charge in [-0.3, -0.25) is 0 Å². The maximum absolute atomic E-state index is 12.5. The number of nitrogens with two attached hydrogens (primary N) is 1. The van der Waals surface area contributed by atoms with Crippen LogP contribution in [0.3, 0.4) is 0 Å². The van der Waals surface area contributed by atoms with E-state index in [0.717, 1.165) is 21.6 Å². The monoisotopic (exact) mass is 324 g/mol. The van der Waals surface area contributed by atoms with Gasteiger partial charge in [0.25, 0.3) is 10.0 Å². The number of nitrogens with one attached hydrogen (secondary N) is 1. The molecule has 0 radical (unpaired) electrons. The highest BCUT2D eigenvalue weighted by Gasteiger charge is 2.22. The molecule has 1 atom stereocenters. The van der Waals surface area contributed by atoms with Crippen LogP contribution in [0.4, 0.5) is 0 Å². The second kappa shape index (κ2) is 6.27. The first-order chi connectivity index (χ1) is 9.85. The SMILES string of the molecule is Cc1ccccc1C(C)NS(=O)(=O)c1cc(C)c(CN)s1. The summed E-state index contributed by atoms with van der Waals surface area (Å²) in [6.07, 6.45) is 0. The number of hydrogen-bond donors (Lipinski definition) is 2. The zero-order valence-electron chi connectivity index (χ0n) is 12.4. The Morgan fingerprint density at radius 3 is 2.48 bits per heavy atom. The van der Waals surface area contributed by atoms with E-state index in [1.54, 1.807) is 6.07 Å². The Morgan fingerprint density at radius 1 is 1.24 bits per heavy atom. The summed E-state index contributed by atoms with van der Waals surface area (Å²) in [6.45, 7) is 6.06. The summed E-state index contributed by atoms with van der Waals surface area (Å²) in [7, 11) is -3.52. The average Bonchev–Trinajstić information content (AvgIpc) is 2.80. The second-order valence-electron chi connectivity index (χ2n) is 5.08. The second-order valence-corrected chi connectivity index (χ2v) is 8.15. The Hall–Kier alpha value is -1.21. The highest BCUT2D eigenvalue weighted by molar-refractivity contribution is 7.91. The van der Waals surface area contributed by atoms with Gasteiger partial charge in [0.1, 0.15) is 4.21 Å². The largest absolute Gasteiger partial charge is 0.326 e. The summed E-state index contributed by atoms with van der Waals surface area (Å²) < 4.78 is 28.0. The van der Waals surface area contributed by atoms with Gasteiger partial charge < -0.3 is 5.73 Å². The van der Waals surface area contributed by atoms with E-state index < -0.39 is 10.0 Å². The van der Waals surface area contributed by atoms with E-state index in [9.17, 15) is 8.42 Å². The van der Waals surface area contributed by atoms with Gasteiger partial charge in [-0.2, -0.15) is 0 Å². The van der Waals surface area contributed by atoms with Crippen LogP contribution in [0, 0.1) is 13.8 Å². The van der Waals surface area contributed by atoms with E-state index in [2.05, 4.69) is 4.72 Å². The molecule has 1 heterocycles. The minimum atomic E-state index is -3.52. The maximum atomic E-state index is 12.5. The van der Waals surface area contributed by atoms with Crippen LogP contribution in [0.1, 0.15) is 34.5 Å². The summed E-state index contributed by atoms with van der Waals surface area (Å²) in [5.74, 6) is 0. The van der Waals surface area contributed by atoms with Crippen molar-refractivity contribution in [2.24, 2.45) is 5.73 Å². The third kappa shape index (κ3) is 3.52. The van der Waals surface area contributed by atoms with Crippen LogP contribution in [0.25, 0.3) is 0 Å². The fraction of sp³-hybridized carbons (Fsp3) is 0.333. The van der Waals surface area contributed by atoms with Crippen molar-refractivity contribution < 1.29 is 8.42 Å². The molecule has 1 unspecified atom stereocenters. The molecule has 0 spiro atoms. The molecule has 0 bridgehead atoms. The predicted molar refractivity (Wildman–Crippen MR) is 86.9 cm³/mol. The van der Waals surface area contributed by atoms with Gasteiger partial charge in [0.2, 0.25) is 0 Å². The Morgan fingerprint density at radius 2 is 1.90 bits per heavy atom. The van der Waals surface area contributed by atoms with Crippen molar-refractivity contribution in [2.45, 2.75) is 37.6 Å². The molecule has 1 aromatic carbocycles. The van der Waals surface area contributed by atoms with Crippen LogP contribution in [0.2, 0.25) is 0 Å². The smallest absolute Gasteiger partial charge is 0.250 e. The van der Waals surface area contributed by atoms with Crippen LogP contribution in [-0.4, -0.2) is 8.42 Å². The number of sulfonamides is 1. The van der Waals surface area contributed by atoms with Crippen LogP contribution >= 0.6 is 11.3 Å². The number of thiophene rings is 1. The van der Waals surface area contributed by atoms with Gasteiger partial charge in [0, 0.05) is 17.5 Å². The third-order valence-electron chi connectivity index (χ3n) is 3.44. The Balaban J connectivity index is 2.27.